The van der Waals surface area contributed by atoms with Gasteiger partial charge in [0.05, 0.1) is 22.0 Å². The average Bonchev–Trinajstić information content (AvgIpc) is 2.50. The Kier molecular flexibility index (Phi) is 6.21. The van der Waals surface area contributed by atoms with Crippen molar-refractivity contribution in [3.63, 3.8) is 0 Å². The van der Waals surface area contributed by atoms with Crippen LogP contribution in [0.15, 0.2) is 36.4 Å². The summed E-state index contributed by atoms with van der Waals surface area (Å²) in [7, 11) is -3.68. The molecule has 1 N–H and O–H groups in total. The van der Waals surface area contributed by atoms with E-state index < -0.39 is 22.5 Å². The Hall–Kier alpha value is -1.47. The topological polar surface area (TPSA) is 66.5 Å². The Morgan fingerprint density at radius 1 is 1.04 bits per heavy atom. The molecule has 25 heavy (non-hydrogen) atoms. The van der Waals surface area contributed by atoms with Crippen molar-refractivity contribution in [2.45, 2.75) is 6.92 Å². The van der Waals surface area contributed by atoms with Crippen molar-refractivity contribution >= 4 is 62.1 Å². The number of hydrogen-bond donors (Lipinski definition) is 1. The summed E-state index contributed by atoms with van der Waals surface area (Å²) in [6, 6.07) is 9.37. The second kappa shape index (κ2) is 7.83. The molecule has 0 heterocycles. The van der Waals surface area contributed by atoms with Gasteiger partial charge in [0.2, 0.25) is 15.9 Å². The van der Waals surface area contributed by atoms with Gasteiger partial charge in [0.15, 0.2) is 0 Å². The monoisotopic (exact) mass is 420 g/mol. The highest BCUT2D eigenvalue weighted by molar-refractivity contribution is 7.92. The quantitative estimate of drug-likeness (QED) is 0.780. The molecule has 0 saturated heterocycles. The first-order valence-corrected chi connectivity index (χ1v) is 10.0. The molecule has 2 aromatic rings. The Labute approximate surface area is 161 Å². The highest BCUT2D eigenvalue weighted by Gasteiger charge is 2.21. The molecule has 0 radical (unpaired) electrons. The number of rotatable bonds is 5. The van der Waals surface area contributed by atoms with Crippen LogP contribution in [0.4, 0.5) is 11.4 Å². The van der Waals surface area contributed by atoms with Crippen LogP contribution in [-0.2, 0) is 14.8 Å². The Morgan fingerprint density at radius 3 is 2.28 bits per heavy atom. The van der Waals surface area contributed by atoms with Crippen LogP contribution in [0.5, 0.6) is 0 Å². The van der Waals surface area contributed by atoms with E-state index in [4.69, 9.17) is 34.8 Å². The molecule has 0 aliphatic carbocycles. The average molecular weight is 422 g/mol. The summed E-state index contributed by atoms with van der Waals surface area (Å²) >= 11 is 17.8. The first kappa shape index (κ1) is 19.8. The van der Waals surface area contributed by atoms with Gasteiger partial charge in [0.25, 0.3) is 0 Å². The van der Waals surface area contributed by atoms with E-state index in [-0.39, 0.29) is 5.02 Å². The number of aryl methyl sites for hydroxylation is 1. The zero-order chi connectivity index (χ0) is 18.8. The molecule has 2 rings (SSSR count). The summed E-state index contributed by atoms with van der Waals surface area (Å²) < 4.78 is 25.1. The molecule has 0 fully saturated rings. The lowest BCUT2D eigenvalue weighted by atomic mass is 10.2. The number of hydrogen-bond acceptors (Lipinski definition) is 3. The molecule has 9 heteroatoms. The number of carbonyl (C=O) groups excluding carboxylic acids is 1. The maximum absolute atomic E-state index is 12.3. The van der Waals surface area contributed by atoms with Crippen LogP contribution in [0.1, 0.15) is 5.56 Å². The summed E-state index contributed by atoms with van der Waals surface area (Å²) in [5.41, 5.74) is 1.52. The van der Waals surface area contributed by atoms with Crippen molar-refractivity contribution in [2.24, 2.45) is 0 Å². The largest absolute Gasteiger partial charge is 0.324 e. The zero-order valence-corrected chi connectivity index (χ0v) is 16.5. The van der Waals surface area contributed by atoms with Crippen LogP contribution in [0.3, 0.4) is 0 Å². The molecule has 0 spiro atoms. The van der Waals surface area contributed by atoms with Crippen LogP contribution in [0.25, 0.3) is 0 Å². The SMILES string of the molecule is Cc1ccc(N(CC(=O)Nc2ccc(Cl)c(Cl)c2)S(C)(=O)=O)cc1Cl. The van der Waals surface area contributed by atoms with Crippen LogP contribution >= 0.6 is 34.8 Å². The number of sulfonamides is 1. The predicted molar refractivity (Wildman–Crippen MR) is 103 cm³/mol. The van der Waals surface area contributed by atoms with Gasteiger partial charge in [-0.1, -0.05) is 40.9 Å². The van der Waals surface area contributed by atoms with Crippen LogP contribution < -0.4 is 9.62 Å². The lowest BCUT2D eigenvalue weighted by Crippen LogP contribution is -2.37. The fourth-order valence-electron chi connectivity index (χ4n) is 2.04. The van der Waals surface area contributed by atoms with Crippen LogP contribution in [0.2, 0.25) is 15.1 Å². The van der Waals surface area contributed by atoms with E-state index in [1.807, 2.05) is 0 Å². The summed E-state index contributed by atoms with van der Waals surface area (Å²) in [6.45, 7) is 1.40. The van der Waals surface area contributed by atoms with Gasteiger partial charge in [0.1, 0.15) is 6.54 Å². The number of nitrogens with one attached hydrogen (secondary N) is 1. The second-order valence-corrected chi connectivity index (χ2v) is 8.51. The molecule has 0 bridgehead atoms. The molecule has 0 aliphatic heterocycles. The van der Waals surface area contributed by atoms with Crippen molar-refractivity contribution in [1.82, 2.24) is 0 Å². The fourth-order valence-corrected chi connectivity index (χ4v) is 3.36. The summed E-state index contributed by atoms with van der Waals surface area (Å²) in [5, 5.41) is 3.64. The molecular weight excluding hydrogens is 407 g/mol. The Bertz CT molecular complexity index is 917. The summed E-state index contributed by atoms with van der Waals surface area (Å²) in [6.07, 6.45) is 1.02. The lowest BCUT2D eigenvalue weighted by molar-refractivity contribution is -0.114. The maximum atomic E-state index is 12.3. The van der Waals surface area contributed by atoms with Crippen molar-refractivity contribution in [2.75, 3.05) is 22.4 Å². The second-order valence-electron chi connectivity index (χ2n) is 5.38. The normalized spacial score (nSPS) is 11.2. The molecule has 0 aromatic heterocycles. The Balaban J connectivity index is 2.23. The number of carbonyl (C=O) groups is 1. The molecule has 2 aromatic carbocycles. The number of halogens is 3. The molecule has 0 unspecified atom stereocenters. The van der Waals surface area contributed by atoms with E-state index in [1.165, 1.54) is 18.2 Å². The van der Waals surface area contributed by atoms with Crippen molar-refractivity contribution in [3.8, 4) is 0 Å². The van der Waals surface area contributed by atoms with Crippen LogP contribution in [0, 0.1) is 6.92 Å². The Morgan fingerprint density at radius 2 is 1.72 bits per heavy atom. The van der Waals surface area contributed by atoms with Crippen molar-refractivity contribution in [1.29, 1.82) is 0 Å². The minimum atomic E-state index is -3.68. The first-order chi connectivity index (χ1) is 11.6. The van der Waals surface area contributed by atoms with E-state index in [0.717, 1.165) is 16.1 Å². The van der Waals surface area contributed by atoms with E-state index in [9.17, 15) is 13.2 Å². The minimum Gasteiger partial charge on any atom is -0.324 e. The van der Waals surface area contributed by atoms with E-state index in [1.54, 1.807) is 25.1 Å². The minimum absolute atomic E-state index is 0.282. The molecule has 0 atom stereocenters. The van der Waals surface area contributed by atoms with Gasteiger partial charge in [-0.05, 0) is 42.8 Å². The number of amides is 1. The lowest BCUT2D eigenvalue weighted by Gasteiger charge is -2.22. The molecule has 5 nitrogen and oxygen atoms in total. The molecule has 1 amide bonds. The number of nitrogens with zero attached hydrogens (tertiary/aromatic N) is 1. The van der Waals surface area contributed by atoms with E-state index in [0.29, 0.717) is 21.4 Å². The highest BCUT2D eigenvalue weighted by atomic mass is 35.5. The standard InChI is InChI=1S/C16H15Cl3N2O3S/c1-10-3-5-12(8-14(10)18)21(25(2,23)24)9-16(22)20-11-4-6-13(17)15(19)7-11/h3-8H,9H2,1-2H3,(H,20,22). The van der Waals surface area contributed by atoms with E-state index >= 15 is 0 Å². The first-order valence-electron chi connectivity index (χ1n) is 7.06. The summed E-state index contributed by atoms with van der Waals surface area (Å²) in [4.78, 5) is 12.3. The zero-order valence-electron chi connectivity index (χ0n) is 13.4. The predicted octanol–water partition coefficient (Wildman–Crippen LogP) is 4.36. The maximum Gasteiger partial charge on any atom is 0.245 e. The van der Waals surface area contributed by atoms with Gasteiger partial charge in [-0.2, -0.15) is 0 Å². The third-order valence-corrected chi connectivity index (χ3v) is 5.62. The van der Waals surface area contributed by atoms with Gasteiger partial charge < -0.3 is 5.32 Å². The highest BCUT2D eigenvalue weighted by Crippen LogP contribution is 2.26. The van der Waals surface area contributed by atoms with E-state index in [2.05, 4.69) is 5.32 Å². The van der Waals surface area contributed by atoms with Crippen LogP contribution in [-0.4, -0.2) is 27.1 Å². The van der Waals surface area contributed by atoms with Gasteiger partial charge in [-0.3, -0.25) is 9.10 Å². The van der Waals surface area contributed by atoms with Gasteiger partial charge in [0, 0.05) is 10.7 Å². The number of anilines is 2. The molecule has 134 valence electrons. The third kappa shape index (κ3) is 5.25. The van der Waals surface area contributed by atoms with Crippen molar-refractivity contribution in [3.05, 3.63) is 57.0 Å². The molecule has 0 saturated carbocycles. The molecular formula is C16H15Cl3N2O3S. The molecule has 0 aliphatic rings. The van der Waals surface area contributed by atoms with Gasteiger partial charge in [-0.15, -0.1) is 0 Å². The smallest absolute Gasteiger partial charge is 0.245 e. The summed E-state index contributed by atoms with van der Waals surface area (Å²) in [5.74, 6) is -0.527. The fraction of sp³-hybridized carbons (Fsp3) is 0.188. The van der Waals surface area contributed by atoms with Gasteiger partial charge in [-0.25, -0.2) is 8.42 Å². The number of benzene rings is 2. The van der Waals surface area contributed by atoms with Gasteiger partial charge >= 0.3 is 0 Å². The van der Waals surface area contributed by atoms with Crippen molar-refractivity contribution < 1.29 is 13.2 Å². The third-order valence-electron chi connectivity index (χ3n) is 3.33.